The first-order chi connectivity index (χ1) is 9.59. The van der Waals surface area contributed by atoms with E-state index in [1.807, 2.05) is 0 Å². The smallest absolute Gasteiger partial charge is 0.196 e. The van der Waals surface area contributed by atoms with Crippen molar-refractivity contribution in [1.82, 2.24) is 0 Å². The van der Waals surface area contributed by atoms with Crippen LogP contribution in [0.3, 0.4) is 0 Å². The van der Waals surface area contributed by atoms with E-state index >= 15 is 0 Å². The summed E-state index contributed by atoms with van der Waals surface area (Å²) in [4.78, 5) is 28.9. The van der Waals surface area contributed by atoms with Gasteiger partial charge in [-0.3, -0.25) is 9.59 Å². The van der Waals surface area contributed by atoms with Gasteiger partial charge in [0.2, 0.25) is 0 Å². The first-order valence-electron chi connectivity index (χ1n) is 6.00. The maximum absolute atomic E-state index is 12.6. The van der Waals surface area contributed by atoms with Crippen molar-refractivity contribution >= 4 is 23.2 Å². The van der Waals surface area contributed by atoms with Gasteiger partial charge >= 0.3 is 0 Å². The molecule has 2 aromatic carbocycles. The van der Waals surface area contributed by atoms with Crippen LogP contribution in [-0.2, 0) is 0 Å². The van der Waals surface area contributed by atoms with Gasteiger partial charge in [-0.15, -0.1) is 0 Å². The zero-order valence-corrected chi connectivity index (χ0v) is 10.5. The number of rotatable bonds is 1. The highest BCUT2D eigenvalue weighted by atomic mass is 16.1. The van der Waals surface area contributed by atoms with E-state index < -0.39 is 0 Å². The standard InChI is InChI=1S/C15H11N3O2/c16-15(17)18-11-7-3-6-10-12(11)14(20)9-5-2-1-4-8(9)13(10)19/h1-7H,(H4,16,17,18). The van der Waals surface area contributed by atoms with Crippen LogP contribution >= 0.6 is 0 Å². The first-order valence-corrected chi connectivity index (χ1v) is 6.00. The fourth-order valence-electron chi connectivity index (χ4n) is 2.36. The molecular weight excluding hydrogens is 254 g/mol. The number of guanidine groups is 1. The molecule has 5 nitrogen and oxygen atoms in total. The number of nitrogens with two attached hydrogens (primary N) is 2. The van der Waals surface area contributed by atoms with Crippen LogP contribution in [0.15, 0.2) is 47.5 Å². The molecular formula is C15H11N3O2. The molecule has 0 amide bonds. The second-order valence-corrected chi connectivity index (χ2v) is 4.44. The zero-order valence-electron chi connectivity index (χ0n) is 10.5. The molecule has 0 spiro atoms. The summed E-state index contributed by atoms with van der Waals surface area (Å²) in [5, 5.41) is 0. The molecule has 5 heteroatoms. The van der Waals surface area contributed by atoms with Gasteiger partial charge < -0.3 is 11.5 Å². The van der Waals surface area contributed by atoms with Gasteiger partial charge in [0.25, 0.3) is 0 Å². The molecule has 20 heavy (non-hydrogen) atoms. The molecule has 98 valence electrons. The van der Waals surface area contributed by atoms with Crippen molar-refractivity contribution < 1.29 is 9.59 Å². The topological polar surface area (TPSA) is 98.5 Å². The van der Waals surface area contributed by atoms with Gasteiger partial charge in [-0.2, -0.15) is 0 Å². The third-order valence-electron chi connectivity index (χ3n) is 3.18. The Morgan fingerprint density at radius 1 is 0.800 bits per heavy atom. The van der Waals surface area contributed by atoms with E-state index in [0.717, 1.165) is 0 Å². The van der Waals surface area contributed by atoms with E-state index in [9.17, 15) is 9.59 Å². The molecule has 0 atom stereocenters. The van der Waals surface area contributed by atoms with Crippen molar-refractivity contribution in [2.75, 3.05) is 0 Å². The second kappa shape index (κ2) is 4.31. The molecule has 0 fully saturated rings. The van der Waals surface area contributed by atoms with Crippen molar-refractivity contribution in [3.05, 3.63) is 64.7 Å². The highest BCUT2D eigenvalue weighted by molar-refractivity contribution is 6.30. The number of carbonyl (C=O) groups excluding carboxylic acids is 2. The normalized spacial score (nSPS) is 12.6. The molecule has 3 rings (SSSR count). The minimum absolute atomic E-state index is 0.155. The van der Waals surface area contributed by atoms with Crippen LogP contribution in [0.2, 0.25) is 0 Å². The molecule has 0 heterocycles. The molecule has 0 saturated heterocycles. The molecule has 0 bridgehead atoms. The summed E-state index contributed by atoms with van der Waals surface area (Å²) in [6.07, 6.45) is 0. The Balaban J connectivity index is 2.31. The highest BCUT2D eigenvalue weighted by Crippen LogP contribution is 2.33. The first kappa shape index (κ1) is 12.1. The van der Waals surface area contributed by atoms with E-state index in [1.165, 1.54) is 0 Å². The number of carbonyl (C=O) groups is 2. The minimum Gasteiger partial charge on any atom is -0.370 e. The summed E-state index contributed by atoms with van der Waals surface area (Å²) in [6.45, 7) is 0. The molecule has 0 radical (unpaired) electrons. The lowest BCUT2D eigenvalue weighted by Gasteiger charge is -2.18. The molecule has 0 aliphatic heterocycles. The second-order valence-electron chi connectivity index (χ2n) is 4.44. The summed E-state index contributed by atoms with van der Waals surface area (Å²) in [5.41, 5.74) is 12.4. The van der Waals surface area contributed by atoms with Crippen LogP contribution < -0.4 is 11.5 Å². The summed E-state index contributed by atoms with van der Waals surface area (Å²) < 4.78 is 0. The predicted molar refractivity (Wildman–Crippen MR) is 75.2 cm³/mol. The van der Waals surface area contributed by atoms with Crippen LogP contribution in [-0.4, -0.2) is 17.5 Å². The lowest BCUT2D eigenvalue weighted by molar-refractivity contribution is 0.0979. The number of benzene rings is 2. The van der Waals surface area contributed by atoms with Crippen molar-refractivity contribution in [3.63, 3.8) is 0 Å². The Morgan fingerprint density at radius 2 is 1.40 bits per heavy atom. The molecule has 0 saturated carbocycles. The fourth-order valence-corrected chi connectivity index (χ4v) is 2.36. The number of nitrogens with zero attached hydrogens (tertiary/aromatic N) is 1. The molecule has 1 aliphatic rings. The molecule has 0 aromatic heterocycles. The Hall–Kier alpha value is -2.95. The molecule has 1 aliphatic carbocycles. The van der Waals surface area contributed by atoms with Crippen molar-refractivity contribution in [2.24, 2.45) is 16.5 Å². The number of ketones is 2. The number of hydrogen-bond donors (Lipinski definition) is 2. The van der Waals surface area contributed by atoms with E-state index in [4.69, 9.17) is 11.5 Å². The maximum atomic E-state index is 12.6. The van der Waals surface area contributed by atoms with E-state index in [-0.39, 0.29) is 23.1 Å². The average molecular weight is 265 g/mol. The van der Waals surface area contributed by atoms with Crippen LogP contribution in [0.5, 0.6) is 0 Å². The Bertz CT molecular complexity index is 774. The third-order valence-corrected chi connectivity index (χ3v) is 3.18. The van der Waals surface area contributed by atoms with Crippen LogP contribution in [0.4, 0.5) is 5.69 Å². The zero-order chi connectivity index (χ0) is 14.3. The summed E-state index contributed by atoms with van der Waals surface area (Å²) in [6, 6.07) is 11.6. The molecule has 0 unspecified atom stereocenters. The summed E-state index contributed by atoms with van der Waals surface area (Å²) in [7, 11) is 0. The van der Waals surface area contributed by atoms with Crippen molar-refractivity contribution in [1.29, 1.82) is 0 Å². The van der Waals surface area contributed by atoms with Gasteiger partial charge in [-0.05, 0) is 6.07 Å². The van der Waals surface area contributed by atoms with Crippen LogP contribution in [0.1, 0.15) is 31.8 Å². The van der Waals surface area contributed by atoms with Gasteiger partial charge in [-0.1, -0.05) is 36.4 Å². The van der Waals surface area contributed by atoms with Crippen LogP contribution in [0.25, 0.3) is 0 Å². The van der Waals surface area contributed by atoms with Gasteiger partial charge in [0.15, 0.2) is 17.5 Å². The van der Waals surface area contributed by atoms with Crippen LogP contribution in [0, 0.1) is 0 Å². The van der Waals surface area contributed by atoms with Gasteiger partial charge in [0, 0.05) is 16.7 Å². The number of aliphatic imine (C=N–C) groups is 1. The largest absolute Gasteiger partial charge is 0.370 e. The minimum atomic E-state index is -0.240. The number of fused-ring (bicyclic) bond motifs is 2. The monoisotopic (exact) mass is 265 g/mol. The predicted octanol–water partition coefficient (Wildman–Crippen LogP) is 1.37. The summed E-state index contributed by atoms with van der Waals surface area (Å²) in [5.74, 6) is -0.587. The fraction of sp³-hybridized carbons (Fsp3) is 0. The molecule has 4 N–H and O–H groups in total. The van der Waals surface area contributed by atoms with Gasteiger partial charge in [0.05, 0.1) is 11.3 Å². The molecule has 2 aromatic rings. The van der Waals surface area contributed by atoms with Gasteiger partial charge in [-0.25, -0.2) is 4.99 Å². The van der Waals surface area contributed by atoms with E-state index in [2.05, 4.69) is 4.99 Å². The van der Waals surface area contributed by atoms with Gasteiger partial charge in [0.1, 0.15) is 0 Å². The SMILES string of the molecule is NC(N)=Nc1cccc2c1C(=O)c1ccccc1C2=O. The number of hydrogen-bond acceptors (Lipinski definition) is 3. The Labute approximate surface area is 114 Å². The lowest BCUT2D eigenvalue weighted by atomic mass is 9.83. The highest BCUT2D eigenvalue weighted by Gasteiger charge is 2.31. The maximum Gasteiger partial charge on any atom is 0.196 e. The Kier molecular flexibility index (Phi) is 2.61. The summed E-state index contributed by atoms with van der Waals surface area (Å²) >= 11 is 0. The van der Waals surface area contributed by atoms with Crippen molar-refractivity contribution in [2.45, 2.75) is 0 Å². The third kappa shape index (κ3) is 1.68. The average Bonchev–Trinajstić information content (AvgIpc) is 2.44. The quantitative estimate of drug-likeness (QED) is 0.512. The van der Waals surface area contributed by atoms with E-state index in [1.54, 1.807) is 42.5 Å². The van der Waals surface area contributed by atoms with E-state index in [0.29, 0.717) is 22.4 Å². The Morgan fingerprint density at radius 3 is 2.05 bits per heavy atom. The lowest BCUT2D eigenvalue weighted by Crippen LogP contribution is -2.24. The van der Waals surface area contributed by atoms with Crippen molar-refractivity contribution in [3.8, 4) is 0 Å².